The van der Waals surface area contributed by atoms with Crippen molar-refractivity contribution < 1.29 is 9.47 Å². The van der Waals surface area contributed by atoms with Crippen molar-refractivity contribution in [1.82, 2.24) is 9.80 Å². The minimum Gasteiger partial charge on any atom is -0.377 e. The second-order valence-corrected chi connectivity index (χ2v) is 6.90. The molecule has 0 saturated carbocycles. The minimum absolute atomic E-state index is 0.368. The third-order valence-corrected chi connectivity index (χ3v) is 5.27. The largest absolute Gasteiger partial charge is 0.377 e. The normalized spacial score (nSPS) is 32.6. The molecule has 3 aliphatic heterocycles. The number of ether oxygens (including phenoxy) is 2. The Bertz CT molecular complexity index is 289. The summed E-state index contributed by atoms with van der Waals surface area (Å²) in [5.41, 5.74) is 0. The lowest BCUT2D eigenvalue weighted by Gasteiger charge is -2.41. The maximum absolute atomic E-state index is 5.82. The van der Waals surface area contributed by atoms with Crippen molar-refractivity contribution in [3.63, 3.8) is 0 Å². The lowest BCUT2D eigenvalue weighted by atomic mass is 10.0. The van der Waals surface area contributed by atoms with E-state index in [2.05, 4.69) is 9.80 Å². The molecule has 0 aliphatic carbocycles. The number of nitrogens with zero attached hydrogens (tertiary/aromatic N) is 2. The second kappa shape index (κ2) is 8.47. The summed E-state index contributed by atoms with van der Waals surface area (Å²) in [7, 11) is 0. The first-order valence-corrected chi connectivity index (χ1v) is 9.07. The quantitative estimate of drug-likeness (QED) is 0.701. The molecule has 0 amide bonds. The standard InChI is InChI=1S/C17H32N2O2/c1-2-9-19(10-3-1)16-6-4-8-18(14-16)11-13-20-15-17-7-5-12-21-17/h16-17H,1-15H2. The molecule has 0 aromatic rings. The Morgan fingerprint density at radius 2 is 1.86 bits per heavy atom. The Labute approximate surface area is 129 Å². The summed E-state index contributed by atoms with van der Waals surface area (Å²) < 4.78 is 11.4. The third kappa shape index (κ3) is 4.92. The van der Waals surface area contributed by atoms with Gasteiger partial charge in [0.1, 0.15) is 0 Å². The van der Waals surface area contributed by atoms with E-state index < -0.39 is 0 Å². The van der Waals surface area contributed by atoms with Gasteiger partial charge in [-0.1, -0.05) is 6.42 Å². The molecule has 122 valence electrons. The van der Waals surface area contributed by atoms with Gasteiger partial charge in [-0.2, -0.15) is 0 Å². The van der Waals surface area contributed by atoms with Crippen LogP contribution in [0.5, 0.6) is 0 Å². The van der Waals surface area contributed by atoms with Gasteiger partial charge in [-0.3, -0.25) is 9.80 Å². The van der Waals surface area contributed by atoms with Crippen LogP contribution in [-0.2, 0) is 9.47 Å². The lowest BCUT2D eigenvalue weighted by molar-refractivity contribution is 0.00380. The van der Waals surface area contributed by atoms with Crippen LogP contribution >= 0.6 is 0 Å². The molecule has 0 radical (unpaired) electrons. The average Bonchev–Trinajstić information content (AvgIpc) is 3.06. The van der Waals surface area contributed by atoms with Crippen LogP contribution in [0.2, 0.25) is 0 Å². The molecule has 0 N–H and O–H groups in total. The zero-order chi connectivity index (χ0) is 14.3. The van der Waals surface area contributed by atoms with Gasteiger partial charge < -0.3 is 9.47 Å². The van der Waals surface area contributed by atoms with Crippen LogP contribution in [-0.4, -0.2) is 74.5 Å². The summed E-state index contributed by atoms with van der Waals surface area (Å²) >= 11 is 0. The average molecular weight is 296 g/mol. The van der Waals surface area contributed by atoms with Gasteiger partial charge >= 0.3 is 0 Å². The minimum atomic E-state index is 0.368. The molecule has 0 bridgehead atoms. The number of likely N-dealkylation sites (tertiary alicyclic amines) is 2. The Morgan fingerprint density at radius 3 is 2.67 bits per heavy atom. The van der Waals surface area contributed by atoms with Crippen molar-refractivity contribution >= 4 is 0 Å². The summed E-state index contributed by atoms with van der Waals surface area (Å²) in [5, 5.41) is 0. The first-order valence-electron chi connectivity index (χ1n) is 9.07. The number of piperidine rings is 2. The van der Waals surface area contributed by atoms with Crippen LogP contribution in [0.3, 0.4) is 0 Å². The van der Waals surface area contributed by atoms with E-state index in [1.165, 1.54) is 71.1 Å². The number of hydrogen-bond acceptors (Lipinski definition) is 4. The Morgan fingerprint density at radius 1 is 0.952 bits per heavy atom. The highest BCUT2D eigenvalue weighted by Gasteiger charge is 2.26. The maximum Gasteiger partial charge on any atom is 0.0809 e. The fourth-order valence-electron chi connectivity index (χ4n) is 4.00. The van der Waals surface area contributed by atoms with Crippen molar-refractivity contribution in [1.29, 1.82) is 0 Å². The van der Waals surface area contributed by atoms with Gasteiger partial charge in [0.25, 0.3) is 0 Å². The van der Waals surface area contributed by atoms with E-state index >= 15 is 0 Å². The Hall–Kier alpha value is -0.160. The van der Waals surface area contributed by atoms with Crippen LogP contribution in [0.25, 0.3) is 0 Å². The monoisotopic (exact) mass is 296 g/mol. The van der Waals surface area contributed by atoms with Crippen molar-refractivity contribution in [3.8, 4) is 0 Å². The summed E-state index contributed by atoms with van der Waals surface area (Å²) in [6, 6.07) is 0.803. The van der Waals surface area contributed by atoms with Gasteiger partial charge in [-0.05, 0) is 58.2 Å². The van der Waals surface area contributed by atoms with Gasteiger partial charge in [0.05, 0.1) is 19.3 Å². The van der Waals surface area contributed by atoms with E-state index in [-0.39, 0.29) is 0 Å². The molecule has 0 spiro atoms. The highest BCUT2D eigenvalue weighted by atomic mass is 16.5. The molecule has 0 aromatic carbocycles. The third-order valence-electron chi connectivity index (χ3n) is 5.27. The molecule has 3 aliphatic rings. The SMILES string of the molecule is C1CCN(C2CCCN(CCOCC3CCCO3)C2)CC1. The molecular weight excluding hydrogens is 264 g/mol. The van der Waals surface area contributed by atoms with Crippen LogP contribution in [0.1, 0.15) is 44.9 Å². The van der Waals surface area contributed by atoms with Crippen molar-refractivity contribution in [2.24, 2.45) is 0 Å². The van der Waals surface area contributed by atoms with Gasteiger partial charge in [0, 0.05) is 25.7 Å². The van der Waals surface area contributed by atoms with Gasteiger partial charge in [-0.15, -0.1) is 0 Å². The first-order chi connectivity index (χ1) is 10.4. The summed E-state index contributed by atoms with van der Waals surface area (Å²) in [6.45, 7) is 8.85. The topological polar surface area (TPSA) is 24.9 Å². The zero-order valence-electron chi connectivity index (χ0n) is 13.5. The summed E-state index contributed by atoms with van der Waals surface area (Å²) in [6.07, 6.45) is 9.75. The van der Waals surface area contributed by atoms with E-state index in [1.54, 1.807) is 0 Å². The van der Waals surface area contributed by atoms with E-state index in [4.69, 9.17) is 9.47 Å². The van der Waals surface area contributed by atoms with Crippen molar-refractivity contribution in [2.45, 2.75) is 57.1 Å². The fraction of sp³-hybridized carbons (Fsp3) is 1.00. The van der Waals surface area contributed by atoms with E-state index in [0.717, 1.165) is 32.4 Å². The van der Waals surface area contributed by atoms with Gasteiger partial charge in [-0.25, -0.2) is 0 Å². The zero-order valence-corrected chi connectivity index (χ0v) is 13.5. The van der Waals surface area contributed by atoms with E-state index in [0.29, 0.717) is 6.10 Å². The van der Waals surface area contributed by atoms with Crippen LogP contribution in [0.4, 0.5) is 0 Å². The summed E-state index contributed by atoms with van der Waals surface area (Å²) in [5.74, 6) is 0. The highest BCUT2D eigenvalue weighted by Crippen LogP contribution is 2.20. The molecule has 3 heterocycles. The van der Waals surface area contributed by atoms with Crippen molar-refractivity contribution in [2.75, 3.05) is 52.5 Å². The van der Waals surface area contributed by atoms with E-state index in [9.17, 15) is 0 Å². The molecule has 2 atom stereocenters. The lowest BCUT2D eigenvalue weighted by Crippen LogP contribution is -2.50. The van der Waals surface area contributed by atoms with Crippen LogP contribution in [0, 0.1) is 0 Å². The Balaban J connectivity index is 1.31. The number of hydrogen-bond donors (Lipinski definition) is 0. The first kappa shape index (κ1) is 15.7. The number of rotatable bonds is 6. The van der Waals surface area contributed by atoms with Crippen LogP contribution in [0.15, 0.2) is 0 Å². The fourth-order valence-corrected chi connectivity index (χ4v) is 4.00. The predicted molar refractivity (Wildman–Crippen MR) is 84.7 cm³/mol. The molecule has 4 heteroatoms. The Kier molecular flexibility index (Phi) is 6.34. The summed E-state index contributed by atoms with van der Waals surface area (Å²) in [4.78, 5) is 5.35. The van der Waals surface area contributed by atoms with Gasteiger partial charge in [0.2, 0.25) is 0 Å². The molecular formula is C17H32N2O2. The van der Waals surface area contributed by atoms with Crippen molar-refractivity contribution in [3.05, 3.63) is 0 Å². The van der Waals surface area contributed by atoms with Gasteiger partial charge in [0.15, 0.2) is 0 Å². The predicted octanol–water partition coefficient (Wildman–Crippen LogP) is 2.13. The molecule has 3 rings (SSSR count). The molecule has 21 heavy (non-hydrogen) atoms. The highest BCUT2D eigenvalue weighted by molar-refractivity contribution is 4.82. The van der Waals surface area contributed by atoms with Crippen LogP contribution < -0.4 is 0 Å². The second-order valence-electron chi connectivity index (χ2n) is 6.90. The molecule has 3 saturated heterocycles. The molecule has 3 fully saturated rings. The molecule has 4 nitrogen and oxygen atoms in total. The molecule has 2 unspecified atom stereocenters. The van der Waals surface area contributed by atoms with E-state index in [1.807, 2.05) is 0 Å². The maximum atomic E-state index is 5.82. The smallest absolute Gasteiger partial charge is 0.0809 e. The molecule has 0 aromatic heterocycles.